The highest BCUT2D eigenvalue weighted by molar-refractivity contribution is 6.32. The summed E-state index contributed by atoms with van der Waals surface area (Å²) >= 11 is 6.19. The summed E-state index contributed by atoms with van der Waals surface area (Å²) in [5.41, 5.74) is 8.72. The molecule has 0 saturated heterocycles. The van der Waals surface area contributed by atoms with Crippen molar-refractivity contribution in [1.82, 2.24) is 10.1 Å². The summed E-state index contributed by atoms with van der Waals surface area (Å²) in [5.74, 6) is 1.43. The molecule has 9 heteroatoms. The van der Waals surface area contributed by atoms with Gasteiger partial charge in [0.1, 0.15) is 5.75 Å². The third kappa shape index (κ3) is 3.87. The number of methoxy groups -OCH3 is 1. The van der Waals surface area contributed by atoms with Crippen molar-refractivity contribution < 1.29 is 19.5 Å². The summed E-state index contributed by atoms with van der Waals surface area (Å²) in [5, 5.41) is 23.5. The van der Waals surface area contributed by atoms with Gasteiger partial charge in [0, 0.05) is 29.9 Å². The van der Waals surface area contributed by atoms with Crippen LogP contribution in [0.25, 0.3) is 22.8 Å². The van der Waals surface area contributed by atoms with E-state index < -0.39 is 5.54 Å². The minimum atomic E-state index is -1.04. The Hall–Kier alpha value is -2.65. The number of hydrogen-bond donors (Lipinski definition) is 3. The van der Waals surface area contributed by atoms with Gasteiger partial charge in [-0.05, 0) is 48.4 Å². The average molecular weight is 431 g/mol. The van der Waals surface area contributed by atoms with E-state index >= 15 is 0 Å². The molecule has 2 aromatic carbocycles. The van der Waals surface area contributed by atoms with E-state index in [0.29, 0.717) is 34.6 Å². The van der Waals surface area contributed by atoms with Crippen molar-refractivity contribution in [3.63, 3.8) is 0 Å². The molecule has 0 unspecified atom stereocenters. The molecule has 1 aliphatic rings. The number of halogens is 1. The lowest BCUT2D eigenvalue weighted by Crippen LogP contribution is -2.55. The van der Waals surface area contributed by atoms with Crippen molar-refractivity contribution in [3.05, 3.63) is 47.0 Å². The van der Waals surface area contributed by atoms with Crippen LogP contribution in [0.1, 0.15) is 5.56 Å². The number of ether oxygens (including phenoxy) is 1. The Bertz CT molecular complexity index is 1050. The maximum Gasteiger partial charge on any atom is 0.258 e. The second kappa shape index (κ2) is 8.23. The number of aromatic nitrogens is 2. The van der Waals surface area contributed by atoms with Crippen LogP contribution in [0.3, 0.4) is 0 Å². The summed E-state index contributed by atoms with van der Waals surface area (Å²) < 4.78 is 10.6. The zero-order chi connectivity index (χ0) is 21.3. The minimum absolute atomic E-state index is 0.283. The van der Waals surface area contributed by atoms with Crippen LogP contribution in [0, 0.1) is 0 Å². The highest BCUT2D eigenvalue weighted by Crippen LogP contribution is 2.34. The van der Waals surface area contributed by atoms with Gasteiger partial charge in [0.15, 0.2) is 0 Å². The highest BCUT2D eigenvalue weighted by Gasteiger charge is 2.30. The number of rotatable bonds is 7. The van der Waals surface area contributed by atoms with Crippen LogP contribution >= 0.6 is 11.6 Å². The lowest BCUT2D eigenvalue weighted by molar-refractivity contribution is 0.125. The predicted octanol–water partition coefficient (Wildman–Crippen LogP) is 2.11. The van der Waals surface area contributed by atoms with Crippen molar-refractivity contribution in [1.29, 1.82) is 0 Å². The molecule has 4 N–H and O–H groups in total. The fourth-order valence-corrected chi connectivity index (χ4v) is 3.82. The van der Waals surface area contributed by atoms with E-state index in [1.165, 1.54) is 0 Å². The molecule has 0 spiro atoms. The molecule has 1 aliphatic heterocycles. The van der Waals surface area contributed by atoms with Gasteiger partial charge in [-0.2, -0.15) is 4.98 Å². The van der Waals surface area contributed by atoms with Crippen molar-refractivity contribution >= 4 is 17.3 Å². The fraction of sp³-hybridized carbons (Fsp3) is 0.333. The number of nitrogens with zero attached hydrogens (tertiary/aromatic N) is 3. The van der Waals surface area contributed by atoms with Crippen LogP contribution in [-0.2, 0) is 6.42 Å². The molecular weight excluding hydrogens is 408 g/mol. The number of hydrogen-bond acceptors (Lipinski definition) is 8. The molecule has 30 heavy (non-hydrogen) atoms. The van der Waals surface area contributed by atoms with Gasteiger partial charge >= 0.3 is 0 Å². The average Bonchev–Trinajstić information content (AvgIpc) is 3.41. The Kier molecular flexibility index (Phi) is 5.66. The summed E-state index contributed by atoms with van der Waals surface area (Å²) in [6.45, 7) is 0.569. The molecular formula is C21H23ClN4O4. The van der Waals surface area contributed by atoms with E-state index in [9.17, 15) is 10.2 Å². The van der Waals surface area contributed by atoms with Crippen LogP contribution in [0.4, 0.5) is 5.69 Å². The van der Waals surface area contributed by atoms with Crippen LogP contribution < -0.4 is 15.4 Å². The number of nitrogens with two attached hydrogens (primary N) is 1. The number of benzene rings is 2. The van der Waals surface area contributed by atoms with E-state index in [1.54, 1.807) is 19.2 Å². The van der Waals surface area contributed by atoms with Crippen LogP contribution in [0.5, 0.6) is 5.75 Å². The predicted molar refractivity (Wildman–Crippen MR) is 114 cm³/mol. The quantitative estimate of drug-likeness (QED) is 0.521. The van der Waals surface area contributed by atoms with Crippen molar-refractivity contribution in [2.45, 2.75) is 12.0 Å². The molecule has 0 radical (unpaired) electrons. The first-order valence-electron chi connectivity index (χ1n) is 9.53. The van der Waals surface area contributed by atoms with E-state index in [-0.39, 0.29) is 13.2 Å². The molecule has 0 fully saturated rings. The van der Waals surface area contributed by atoms with Crippen molar-refractivity contribution in [2.24, 2.45) is 5.73 Å². The van der Waals surface area contributed by atoms with Crippen LogP contribution in [0.2, 0.25) is 5.02 Å². The minimum Gasteiger partial charge on any atom is -0.495 e. The van der Waals surface area contributed by atoms with Crippen molar-refractivity contribution in [2.75, 3.05) is 38.3 Å². The first-order valence-corrected chi connectivity index (χ1v) is 9.90. The summed E-state index contributed by atoms with van der Waals surface area (Å²) in [7, 11) is 1.56. The SMILES string of the molecule is COc1ccc(-c2nc(-c3ccc4c(c3)CCN4CC(N)(CO)CO)no2)cc1Cl. The van der Waals surface area contributed by atoms with Gasteiger partial charge in [0.25, 0.3) is 5.89 Å². The lowest BCUT2D eigenvalue weighted by atomic mass is 10.0. The third-order valence-electron chi connectivity index (χ3n) is 5.29. The van der Waals surface area contributed by atoms with Gasteiger partial charge in [-0.1, -0.05) is 16.8 Å². The van der Waals surface area contributed by atoms with Gasteiger partial charge in [0.2, 0.25) is 5.82 Å². The third-order valence-corrected chi connectivity index (χ3v) is 5.59. The van der Waals surface area contributed by atoms with Gasteiger partial charge in [0.05, 0.1) is 30.9 Å². The second-order valence-electron chi connectivity index (χ2n) is 7.47. The molecule has 2 heterocycles. The Morgan fingerprint density at radius 3 is 2.67 bits per heavy atom. The standard InChI is InChI=1S/C21H23ClN4O4/c1-29-18-5-3-15(9-16(18)22)20-24-19(25-30-20)14-2-4-17-13(8-14)6-7-26(17)10-21(23,11-27)12-28/h2-5,8-9,27-28H,6-7,10-12,23H2,1H3. The van der Waals surface area contributed by atoms with Gasteiger partial charge in [-0.3, -0.25) is 0 Å². The molecule has 1 aromatic heterocycles. The topological polar surface area (TPSA) is 118 Å². The van der Waals surface area contributed by atoms with Crippen LogP contribution in [-0.4, -0.2) is 59.3 Å². The molecule has 0 saturated carbocycles. The van der Waals surface area contributed by atoms with Gasteiger partial charge in [-0.15, -0.1) is 0 Å². The Balaban J connectivity index is 1.56. The highest BCUT2D eigenvalue weighted by atomic mass is 35.5. The monoisotopic (exact) mass is 430 g/mol. The lowest BCUT2D eigenvalue weighted by Gasteiger charge is -2.31. The maximum atomic E-state index is 9.48. The largest absolute Gasteiger partial charge is 0.495 e. The molecule has 3 aromatic rings. The Morgan fingerprint density at radius 1 is 1.20 bits per heavy atom. The number of anilines is 1. The molecule has 158 valence electrons. The van der Waals surface area contributed by atoms with E-state index in [1.807, 2.05) is 24.3 Å². The zero-order valence-corrected chi connectivity index (χ0v) is 17.3. The molecule has 0 amide bonds. The molecule has 0 aliphatic carbocycles. The number of fused-ring (bicyclic) bond motifs is 1. The van der Waals surface area contributed by atoms with E-state index in [4.69, 9.17) is 26.6 Å². The van der Waals surface area contributed by atoms with E-state index in [2.05, 4.69) is 15.0 Å². The maximum absolute atomic E-state index is 9.48. The Labute approximate surface area is 178 Å². The smallest absolute Gasteiger partial charge is 0.258 e. The van der Waals surface area contributed by atoms with Gasteiger partial charge in [-0.25, -0.2) is 0 Å². The molecule has 0 bridgehead atoms. The summed E-state index contributed by atoms with van der Waals surface area (Å²) in [6, 6.07) is 11.2. The van der Waals surface area contributed by atoms with E-state index in [0.717, 1.165) is 29.8 Å². The molecule has 0 atom stereocenters. The first kappa shape index (κ1) is 20.6. The number of aliphatic hydroxyl groups is 2. The zero-order valence-electron chi connectivity index (χ0n) is 16.5. The van der Waals surface area contributed by atoms with Crippen LogP contribution in [0.15, 0.2) is 40.9 Å². The summed E-state index contributed by atoms with van der Waals surface area (Å²) in [4.78, 5) is 6.58. The fourth-order valence-electron chi connectivity index (χ4n) is 3.56. The normalized spacial score (nSPS) is 13.6. The van der Waals surface area contributed by atoms with Gasteiger partial charge < -0.3 is 30.1 Å². The number of aliphatic hydroxyl groups excluding tert-OH is 2. The second-order valence-corrected chi connectivity index (χ2v) is 7.87. The van der Waals surface area contributed by atoms with Crippen molar-refractivity contribution in [3.8, 4) is 28.6 Å². The Morgan fingerprint density at radius 2 is 1.97 bits per heavy atom. The molecule has 4 rings (SSSR count). The molecule has 8 nitrogen and oxygen atoms in total. The first-order chi connectivity index (χ1) is 14.5. The summed E-state index contributed by atoms with van der Waals surface area (Å²) in [6.07, 6.45) is 0.828.